The lowest BCUT2D eigenvalue weighted by Gasteiger charge is -2.16. The van der Waals surface area contributed by atoms with E-state index in [2.05, 4.69) is 11.1 Å². The van der Waals surface area contributed by atoms with Crippen LogP contribution in [0.1, 0.15) is 36.9 Å². The minimum Gasteiger partial charge on any atom is -0.491 e. The van der Waals surface area contributed by atoms with Crippen LogP contribution in [0.3, 0.4) is 0 Å². The second kappa shape index (κ2) is 11.8. The van der Waals surface area contributed by atoms with Crippen LogP contribution in [0.2, 0.25) is 0 Å². The molecule has 216 valence electrons. The molecule has 1 saturated carbocycles. The fraction of sp³-hybridized carbons (Fsp3) is 0.323. The second-order valence-electron chi connectivity index (χ2n) is 10.8. The van der Waals surface area contributed by atoms with E-state index in [0.717, 1.165) is 43.4 Å². The third-order valence-corrected chi connectivity index (χ3v) is 10.2. The molecule has 0 N–H and O–H groups in total. The molecule has 4 aromatic rings. The zero-order chi connectivity index (χ0) is 29.2. The van der Waals surface area contributed by atoms with Gasteiger partial charge in [-0.15, -0.1) is 0 Å². The summed E-state index contributed by atoms with van der Waals surface area (Å²) in [6.45, 7) is 1.19. The van der Waals surface area contributed by atoms with Crippen molar-refractivity contribution in [3.05, 3.63) is 90.3 Å². The summed E-state index contributed by atoms with van der Waals surface area (Å²) < 4.78 is 59.9. The van der Waals surface area contributed by atoms with Crippen LogP contribution in [0.25, 0.3) is 16.6 Å². The summed E-state index contributed by atoms with van der Waals surface area (Å²) in [7, 11) is -3.50. The van der Waals surface area contributed by atoms with E-state index in [0.29, 0.717) is 29.1 Å². The van der Waals surface area contributed by atoms with E-state index in [-0.39, 0.29) is 15.7 Å². The van der Waals surface area contributed by atoms with Gasteiger partial charge in [-0.25, -0.2) is 25.8 Å². The Hall–Kier alpha value is -3.47. The number of fused-ring (bicyclic) bond motifs is 1. The normalized spacial score (nSPS) is 15.2. The SMILES string of the molecule is CN(C)CCOc1cnc2c(c1)cc(/C(=C/C1CCCC1)c1ccc(S(C)(=O)=O)cc1)n2S(=O)(=O)c1ccccc1. The van der Waals surface area contributed by atoms with Crippen LogP contribution in [0.4, 0.5) is 0 Å². The number of benzene rings is 2. The van der Waals surface area contributed by atoms with E-state index in [9.17, 15) is 16.8 Å². The Labute approximate surface area is 242 Å². The number of ether oxygens (including phenoxy) is 1. The van der Waals surface area contributed by atoms with Gasteiger partial charge in [0, 0.05) is 23.8 Å². The first-order chi connectivity index (χ1) is 19.5. The summed E-state index contributed by atoms with van der Waals surface area (Å²) in [5, 5.41) is 0.631. The summed E-state index contributed by atoms with van der Waals surface area (Å²) in [6, 6.07) is 18.6. The van der Waals surface area contributed by atoms with Gasteiger partial charge >= 0.3 is 0 Å². The van der Waals surface area contributed by atoms with E-state index in [4.69, 9.17) is 4.74 Å². The number of sulfone groups is 1. The lowest BCUT2D eigenvalue weighted by atomic mass is 9.96. The van der Waals surface area contributed by atoms with Gasteiger partial charge < -0.3 is 9.64 Å². The minimum absolute atomic E-state index is 0.152. The van der Waals surface area contributed by atoms with Crippen molar-refractivity contribution in [2.45, 2.75) is 35.5 Å². The number of hydrogen-bond acceptors (Lipinski definition) is 7. The van der Waals surface area contributed by atoms with Crippen molar-refractivity contribution in [3.8, 4) is 5.75 Å². The Kier molecular flexibility index (Phi) is 8.35. The van der Waals surface area contributed by atoms with Crippen LogP contribution < -0.4 is 4.74 Å². The summed E-state index contributed by atoms with van der Waals surface area (Å²) >= 11 is 0. The van der Waals surface area contributed by atoms with Crippen molar-refractivity contribution < 1.29 is 21.6 Å². The molecule has 10 heteroatoms. The smallest absolute Gasteiger partial charge is 0.269 e. The van der Waals surface area contributed by atoms with Crippen LogP contribution in [-0.2, 0) is 19.9 Å². The Morgan fingerprint density at radius 1 is 0.976 bits per heavy atom. The molecule has 41 heavy (non-hydrogen) atoms. The highest BCUT2D eigenvalue weighted by Crippen LogP contribution is 2.37. The molecule has 8 nitrogen and oxygen atoms in total. The average Bonchev–Trinajstić information content (AvgIpc) is 3.59. The molecule has 0 unspecified atom stereocenters. The third-order valence-electron chi connectivity index (χ3n) is 7.33. The minimum atomic E-state index is -4.04. The third kappa shape index (κ3) is 6.39. The van der Waals surface area contributed by atoms with Crippen molar-refractivity contribution in [2.24, 2.45) is 5.92 Å². The van der Waals surface area contributed by atoms with Gasteiger partial charge in [0.2, 0.25) is 0 Å². The maximum atomic E-state index is 14.2. The quantitative estimate of drug-likeness (QED) is 0.248. The van der Waals surface area contributed by atoms with Gasteiger partial charge in [-0.2, -0.15) is 0 Å². The predicted octanol–water partition coefficient (Wildman–Crippen LogP) is 5.24. The van der Waals surface area contributed by atoms with E-state index >= 15 is 0 Å². The van der Waals surface area contributed by atoms with Crippen LogP contribution in [0.15, 0.2) is 88.8 Å². The molecule has 0 radical (unpaired) electrons. The first kappa shape index (κ1) is 29.0. The van der Waals surface area contributed by atoms with Crippen LogP contribution in [0.5, 0.6) is 5.75 Å². The molecule has 2 aromatic heterocycles. The molecule has 2 heterocycles. The molecule has 0 saturated heterocycles. The first-order valence-corrected chi connectivity index (χ1v) is 17.0. The Bertz CT molecular complexity index is 1770. The second-order valence-corrected chi connectivity index (χ2v) is 14.6. The Balaban J connectivity index is 1.72. The lowest BCUT2D eigenvalue weighted by Crippen LogP contribution is -2.19. The highest BCUT2D eigenvalue weighted by molar-refractivity contribution is 7.90. The molecule has 0 amide bonds. The van der Waals surface area contributed by atoms with Crippen molar-refractivity contribution in [2.75, 3.05) is 33.5 Å². The highest BCUT2D eigenvalue weighted by Gasteiger charge is 2.27. The zero-order valence-corrected chi connectivity index (χ0v) is 25.2. The van der Waals surface area contributed by atoms with Crippen molar-refractivity contribution >= 4 is 36.5 Å². The van der Waals surface area contributed by atoms with E-state index in [1.165, 1.54) is 10.2 Å². The van der Waals surface area contributed by atoms with Gasteiger partial charge in [0.1, 0.15) is 12.4 Å². The Morgan fingerprint density at radius 3 is 2.29 bits per heavy atom. The topological polar surface area (TPSA) is 98.6 Å². The molecule has 2 aromatic carbocycles. The Morgan fingerprint density at radius 2 is 1.66 bits per heavy atom. The summed E-state index contributed by atoms with van der Waals surface area (Å²) in [5.74, 6) is 0.836. The number of nitrogens with zero attached hydrogens (tertiary/aromatic N) is 3. The van der Waals surface area contributed by atoms with Crippen LogP contribution in [-0.4, -0.2) is 64.2 Å². The zero-order valence-electron chi connectivity index (χ0n) is 23.5. The number of pyridine rings is 1. The molecular weight excluding hydrogens is 558 g/mol. The van der Waals surface area contributed by atoms with E-state index < -0.39 is 19.9 Å². The van der Waals surface area contributed by atoms with Crippen LogP contribution >= 0.6 is 0 Å². The molecule has 1 fully saturated rings. The van der Waals surface area contributed by atoms with E-state index in [1.54, 1.807) is 60.8 Å². The van der Waals surface area contributed by atoms with Crippen molar-refractivity contribution in [1.82, 2.24) is 13.9 Å². The average molecular weight is 594 g/mol. The van der Waals surface area contributed by atoms with Crippen LogP contribution in [0, 0.1) is 5.92 Å². The first-order valence-electron chi connectivity index (χ1n) is 13.7. The fourth-order valence-corrected chi connectivity index (χ4v) is 7.31. The van der Waals surface area contributed by atoms with Gasteiger partial charge in [0.05, 0.1) is 21.7 Å². The molecule has 5 rings (SSSR count). The fourth-order valence-electron chi connectivity index (χ4n) is 5.17. The molecular formula is C31H35N3O5S2. The van der Waals surface area contributed by atoms with Gasteiger partial charge in [0.25, 0.3) is 10.0 Å². The number of aromatic nitrogens is 2. The molecule has 1 aliphatic carbocycles. The highest BCUT2D eigenvalue weighted by atomic mass is 32.2. The van der Waals surface area contributed by atoms with E-state index in [1.807, 2.05) is 31.1 Å². The molecule has 1 aliphatic rings. The van der Waals surface area contributed by atoms with Gasteiger partial charge in [-0.05, 0) is 74.8 Å². The number of likely N-dealkylation sites (N-methyl/N-ethyl adjacent to an activating group) is 1. The summed E-state index contributed by atoms with van der Waals surface area (Å²) in [6.07, 6.45) is 9.12. The van der Waals surface area contributed by atoms with Gasteiger partial charge in [0.15, 0.2) is 15.5 Å². The standard InChI is InChI=1S/C31H35N3O5S2/c1-33(2)17-18-39-26-20-25-21-30(34(31(25)32-22-26)41(37,38)28-11-5-4-6-12-28)29(19-23-9-7-8-10-23)24-13-15-27(16-14-24)40(3,35)36/h4-6,11-16,19-23H,7-10,17-18H2,1-3H3/b29-19+. The molecule has 0 bridgehead atoms. The summed E-state index contributed by atoms with van der Waals surface area (Å²) in [4.78, 5) is 6.96. The monoisotopic (exact) mass is 593 g/mol. The molecule has 0 spiro atoms. The number of allylic oxidation sites excluding steroid dienone is 1. The number of rotatable bonds is 10. The molecule has 0 aliphatic heterocycles. The van der Waals surface area contributed by atoms with Gasteiger partial charge in [-0.3, -0.25) is 0 Å². The number of hydrogen-bond donors (Lipinski definition) is 0. The summed E-state index contributed by atoms with van der Waals surface area (Å²) in [5.41, 5.74) is 2.23. The predicted molar refractivity (Wildman–Crippen MR) is 161 cm³/mol. The van der Waals surface area contributed by atoms with Crippen molar-refractivity contribution in [1.29, 1.82) is 0 Å². The van der Waals surface area contributed by atoms with Crippen molar-refractivity contribution in [3.63, 3.8) is 0 Å². The lowest BCUT2D eigenvalue weighted by molar-refractivity contribution is 0.261. The van der Waals surface area contributed by atoms with Gasteiger partial charge in [-0.1, -0.05) is 49.2 Å². The largest absolute Gasteiger partial charge is 0.491 e. The maximum absolute atomic E-state index is 14.2. The molecule has 0 atom stereocenters. The maximum Gasteiger partial charge on any atom is 0.269 e.